The lowest BCUT2D eigenvalue weighted by Crippen LogP contribution is -2.33. The number of aromatic nitrogens is 3. The normalized spacial score (nSPS) is 14.4. The molecule has 0 atom stereocenters. The van der Waals surface area contributed by atoms with Crippen molar-refractivity contribution in [3.8, 4) is 5.06 Å². The minimum absolute atomic E-state index is 0.0960. The van der Waals surface area contributed by atoms with Gasteiger partial charge in [0, 0.05) is 22.9 Å². The molecule has 0 fully saturated rings. The van der Waals surface area contributed by atoms with Crippen molar-refractivity contribution in [1.29, 1.82) is 0 Å². The number of halogens is 3. The number of methoxy groups -OCH3 is 1. The molecule has 1 aliphatic heterocycles. The summed E-state index contributed by atoms with van der Waals surface area (Å²) >= 11 is 1.42. The average Bonchev–Trinajstić information content (AvgIpc) is 3.25. The smallest absolute Gasteiger partial charge is 0.446 e. The highest BCUT2D eigenvalue weighted by Crippen LogP contribution is 2.36. The van der Waals surface area contributed by atoms with E-state index in [1.807, 2.05) is 17.0 Å². The first-order chi connectivity index (χ1) is 15.3. The number of alkyl halides is 3. The Balaban J connectivity index is 1.41. The number of hydrogen-bond acceptors (Lipinski definition) is 7. The second-order valence-electron chi connectivity index (χ2n) is 7.01. The molecule has 0 bridgehead atoms. The predicted octanol–water partition coefficient (Wildman–Crippen LogP) is 4.66. The zero-order valence-corrected chi connectivity index (χ0v) is 18.6. The molecule has 0 radical (unpaired) electrons. The van der Waals surface area contributed by atoms with Crippen LogP contribution in [0.3, 0.4) is 0 Å². The molecule has 11 heteroatoms. The lowest BCUT2D eigenvalue weighted by atomic mass is 10.1. The molecule has 3 aromatic rings. The lowest BCUT2D eigenvalue weighted by Gasteiger charge is -2.26. The first-order valence-corrected chi connectivity index (χ1v) is 11.3. The molecule has 0 amide bonds. The van der Waals surface area contributed by atoms with Gasteiger partial charge in [-0.25, -0.2) is 9.78 Å². The van der Waals surface area contributed by atoms with Gasteiger partial charge in [-0.05, 0) is 53.6 Å². The molecule has 1 aromatic carbocycles. The van der Waals surface area contributed by atoms with E-state index >= 15 is 0 Å². The molecule has 2 aromatic heterocycles. The molecule has 0 saturated heterocycles. The monoisotopic (exact) mass is 480 g/mol. The number of ether oxygens (including phenoxy) is 1. The van der Waals surface area contributed by atoms with Gasteiger partial charge in [-0.3, -0.25) is 4.57 Å². The van der Waals surface area contributed by atoms with Gasteiger partial charge in [0.15, 0.2) is 5.06 Å². The zero-order valence-electron chi connectivity index (χ0n) is 17.0. The Bertz CT molecular complexity index is 1170. The Hall–Kier alpha value is -2.79. The van der Waals surface area contributed by atoms with E-state index in [9.17, 15) is 18.0 Å². The minimum Gasteiger partial charge on any atom is -0.487 e. The summed E-state index contributed by atoms with van der Waals surface area (Å²) in [4.78, 5) is 24.1. The van der Waals surface area contributed by atoms with Crippen LogP contribution in [0.15, 0.2) is 58.5 Å². The van der Waals surface area contributed by atoms with E-state index < -0.39 is 11.2 Å². The van der Waals surface area contributed by atoms with E-state index in [0.29, 0.717) is 24.6 Å². The Kier molecular flexibility index (Phi) is 6.56. The standard InChI is InChI=1S/C21H19F3N4O2S2/c1-30-18-7-6-17(31-18)15-8-10-27(11-9-15)19-25-13-28(20(29)26-19)12-14-2-4-16(5-3-14)32-21(22,23)24/h2-8,13H,9-12H2,1H3. The van der Waals surface area contributed by atoms with Gasteiger partial charge in [0.2, 0.25) is 5.95 Å². The van der Waals surface area contributed by atoms with Crippen LogP contribution in [-0.4, -0.2) is 40.2 Å². The number of thioether (sulfide) groups is 1. The maximum Gasteiger partial charge on any atom is 0.446 e. The molecule has 3 heterocycles. The highest BCUT2D eigenvalue weighted by Gasteiger charge is 2.29. The predicted molar refractivity (Wildman–Crippen MR) is 119 cm³/mol. The van der Waals surface area contributed by atoms with Gasteiger partial charge in [0.25, 0.3) is 0 Å². The number of hydrogen-bond donors (Lipinski definition) is 0. The van der Waals surface area contributed by atoms with Crippen LogP contribution in [0, 0.1) is 0 Å². The minimum atomic E-state index is -4.33. The highest BCUT2D eigenvalue weighted by molar-refractivity contribution is 8.00. The van der Waals surface area contributed by atoms with Crippen molar-refractivity contribution in [2.45, 2.75) is 23.4 Å². The van der Waals surface area contributed by atoms with Crippen LogP contribution in [0.25, 0.3) is 5.57 Å². The molecule has 6 nitrogen and oxygen atoms in total. The van der Waals surface area contributed by atoms with Gasteiger partial charge in [-0.2, -0.15) is 18.2 Å². The first-order valence-electron chi connectivity index (χ1n) is 9.67. The van der Waals surface area contributed by atoms with Crippen LogP contribution in [-0.2, 0) is 6.54 Å². The number of benzene rings is 1. The molecule has 0 unspecified atom stereocenters. The zero-order chi connectivity index (χ0) is 22.7. The van der Waals surface area contributed by atoms with Gasteiger partial charge >= 0.3 is 11.2 Å². The number of thiophene rings is 1. The third kappa shape index (κ3) is 5.52. The molecule has 32 heavy (non-hydrogen) atoms. The van der Waals surface area contributed by atoms with E-state index in [0.717, 1.165) is 16.4 Å². The lowest BCUT2D eigenvalue weighted by molar-refractivity contribution is -0.0328. The van der Waals surface area contributed by atoms with Crippen LogP contribution in [0.5, 0.6) is 5.06 Å². The second kappa shape index (κ2) is 9.37. The van der Waals surface area contributed by atoms with Crippen molar-refractivity contribution in [3.05, 3.63) is 69.7 Å². The van der Waals surface area contributed by atoms with Gasteiger partial charge in [-0.1, -0.05) is 29.5 Å². The molecule has 0 spiro atoms. The Morgan fingerprint density at radius 1 is 1.19 bits per heavy atom. The highest BCUT2D eigenvalue weighted by atomic mass is 32.2. The number of nitrogens with zero attached hydrogens (tertiary/aromatic N) is 4. The van der Waals surface area contributed by atoms with Crippen LogP contribution >= 0.6 is 23.1 Å². The van der Waals surface area contributed by atoms with Crippen LogP contribution in [0.2, 0.25) is 0 Å². The third-order valence-electron chi connectivity index (χ3n) is 4.85. The summed E-state index contributed by atoms with van der Waals surface area (Å²) in [6.07, 6.45) is 4.33. The van der Waals surface area contributed by atoms with Crippen molar-refractivity contribution in [3.63, 3.8) is 0 Å². The van der Waals surface area contributed by atoms with E-state index in [-0.39, 0.29) is 23.2 Å². The first kappa shape index (κ1) is 22.4. The summed E-state index contributed by atoms with van der Waals surface area (Å²) in [7, 11) is 1.65. The summed E-state index contributed by atoms with van der Waals surface area (Å²) < 4.78 is 43.9. The maximum absolute atomic E-state index is 12.5. The molecular weight excluding hydrogens is 461 g/mol. The fraction of sp³-hybridized carbons (Fsp3) is 0.286. The van der Waals surface area contributed by atoms with Crippen LogP contribution < -0.4 is 15.3 Å². The maximum atomic E-state index is 12.5. The SMILES string of the molecule is COc1ccc(C2=CCN(c3ncn(Cc4ccc(SC(F)(F)F)cc4)c(=O)n3)CC2)s1. The molecular formula is C21H19F3N4O2S2. The molecule has 0 saturated carbocycles. The fourth-order valence-corrected chi connectivity index (χ4v) is 4.71. The van der Waals surface area contributed by atoms with E-state index in [2.05, 4.69) is 16.0 Å². The number of anilines is 1. The summed E-state index contributed by atoms with van der Waals surface area (Å²) in [6, 6.07) is 9.87. The molecule has 1 aliphatic rings. The Morgan fingerprint density at radius 3 is 2.56 bits per heavy atom. The van der Waals surface area contributed by atoms with Crippen LogP contribution in [0.4, 0.5) is 19.1 Å². The molecule has 0 aliphatic carbocycles. The van der Waals surface area contributed by atoms with Gasteiger partial charge in [0.05, 0.1) is 13.7 Å². The van der Waals surface area contributed by atoms with Crippen molar-refractivity contribution >= 4 is 34.6 Å². The van der Waals surface area contributed by atoms with Crippen molar-refractivity contribution in [1.82, 2.24) is 14.5 Å². The van der Waals surface area contributed by atoms with E-state index in [1.54, 1.807) is 30.6 Å². The van der Waals surface area contributed by atoms with E-state index in [1.165, 1.54) is 28.6 Å². The Labute approximate surface area is 190 Å². The topological polar surface area (TPSA) is 60.2 Å². The van der Waals surface area contributed by atoms with Crippen molar-refractivity contribution in [2.75, 3.05) is 25.1 Å². The summed E-state index contributed by atoms with van der Waals surface area (Å²) in [5.74, 6) is 0.363. The van der Waals surface area contributed by atoms with E-state index in [4.69, 9.17) is 4.74 Å². The van der Waals surface area contributed by atoms with Crippen molar-refractivity contribution < 1.29 is 17.9 Å². The summed E-state index contributed by atoms with van der Waals surface area (Å²) in [5.41, 5.74) is -2.87. The molecule has 0 N–H and O–H groups in total. The Morgan fingerprint density at radius 2 is 1.97 bits per heavy atom. The quantitative estimate of drug-likeness (QED) is 0.478. The van der Waals surface area contributed by atoms with Gasteiger partial charge in [-0.15, -0.1) is 0 Å². The third-order valence-corrected chi connectivity index (χ3v) is 6.72. The van der Waals surface area contributed by atoms with Gasteiger partial charge in [0.1, 0.15) is 6.33 Å². The second-order valence-corrected chi connectivity index (χ2v) is 9.19. The fourth-order valence-electron chi connectivity index (χ4n) is 3.28. The largest absolute Gasteiger partial charge is 0.487 e. The average molecular weight is 481 g/mol. The van der Waals surface area contributed by atoms with Crippen molar-refractivity contribution in [2.24, 2.45) is 0 Å². The van der Waals surface area contributed by atoms with Crippen LogP contribution in [0.1, 0.15) is 16.9 Å². The molecule has 4 rings (SSSR count). The van der Waals surface area contributed by atoms with Gasteiger partial charge < -0.3 is 9.64 Å². The number of rotatable bonds is 6. The summed E-state index contributed by atoms with van der Waals surface area (Å²) in [6.45, 7) is 1.46. The summed E-state index contributed by atoms with van der Waals surface area (Å²) in [5, 5.41) is 0.865. The molecule has 168 valence electrons.